The predicted octanol–water partition coefficient (Wildman–Crippen LogP) is 9.62. The van der Waals surface area contributed by atoms with Crippen LogP contribution in [0.2, 0.25) is 0 Å². The Morgan fingerprint density at radius 1 is 0.508 bits per heavy atom. The number of unbranched alkanes of at least 4 members (excludes halogenated alkanes) is 24. The van der Waals surface area contributed by atoms with Gasteiger partial charge in [0.2, 0.25) is 0 Å². The standard InChI is InChI=1S/C47H87O13P/c1-3-5-7-9-11-13-15-17-19-20-22-23-25-27-29-31-33-35-40(48)57-37-39(38-58-61(55,56)60-47-45(53)43(51)42(50)44(52)46(47)54)59-41(49)36-34-32-30-28-26-24-21-18-16-14-12-10-8-6-4-2/h12,14,18,21,39,42-47,50-54H,3-11,13,15-17,19-20,22-38H2,1-2H3,(H,55,56)/b14-12-,21-18-. The van der Waals surface area contributed by atoms with Gasteiger partial charge in [-0.15, -0.1) is 0 Å². The molecule has 0 radical (unpaired) electrons. The Morgan fingerprint density at radius 3 is 1.36 bits per heavy atom. The molecule has 13 nitrogen and oxygen atoms in total. The van der Waals surface area contributed by atoms with Crippen molar-refractivity contribution >= 4 is 19.8 Å². The lowest BCUT2D eigenvalue weighted by atomic mass is 9.85. The average Bonchev–Trinajstić information content (AvgIpc) is 3.24. The van der Waals surface area contributed by atoms with E-state index >= 15 is 0 Å². The second kappa shape index (κ2) is 37.7. The highest BCUT2D eigenvalue weighted by Crippen LogP contribution is 2.47. The lowest BCUT2D eigenvalue weighted by molar-refractivity contribution is -0.220. The normalized spacial score (nSPS) is 22.2. The number of esters is 2. The van der Waals surface area contributed by atoms with E-state index in [0.29, 0.717) is 12.8 Å². The van der Waals surface area contributed by atoms with Crippen LogP contribution in [-0.4, -0.2) is 98.3 Å². The second-order valence-corrected chi connectivity index (χ2v) is 18.4. The fraction of sp³-hybridized carbons (Fsp3) is 0.872. The van der Waals surface area contributed by atoms with Crippen LogP contribution in [0, 0.1) is 0 Å². The summed E-state index contributed by atoms with van der Waals surface area (Å²) in [6.45, 7) is 3.28. The van der Waals surface area contributed by atoms with Crippen LogP contribution in [0.1, 0.15) is 206 Å². The van der Waals surface area contributed by atoms with Gasteiger partial charge in [-0.3, -0.25) is 18.6 Å². The van der Waals surface area contributed by atoms with Crippen molar-refractivity contribution < 1.29 is 63.1 Å². The van der Waals surface area contributed by atoms with E-state index in [1.165, 1.54) is 103 Å². The molecule has 1 aliphatic rings. The zero-order valence-corrected chi connectivity index (χ0v) is 38.9. The number of carbonyl (C=O) groups excluding carboxylic acids is 2. The molecule has 0 aliphatic heterocycles. The van der Waals surface area contributed by atoms with Gasteiger partial charge in [0.1, 0.15) is 43.2 Å². The number of phosphoric acid groups is 1. The van der Waals surface area contributed by atoms with E-state index in [9.17, 15) is 44.6 Å². The maximum Gasteiger partial charge on any atom is 0.472 e. The van der Waals surface area contributed by atoms with Crippen LogP contribution in [0.15, 0.2) is 24.3 Å². The Morgan fingerprint density at radius 2 is 0.885 bits per heavy atom. The molecule has 0 aromatic rings. The molecule has 0 aromatic heterocycles. The van der Waals surface area contributed by atoms with Crippen LogP contribution in [-0.2, 0) is 32.7 Å². The summed E-state index contributed by atoms with van der Waals surface area (Å²) in [6.07, 6.45) is 28.0. The van der Waals surface area contributed by atoms with Gasteiger partial charge in [-0.1, -0.05) is 173 Å². The molecule has 358 valence electrons. The summed E-state index contributed by atoms with van der Waals surface area (Å²) in [5, 5.41) is 50.2. The average molecular weight is 891 g/mol. The molecule has 6 N–H and O–H groups in total. The molecular formula is C47H87O13P. The summed E-state index contributed by atoms with van der Waals surface area (Å²) in [7, 11) is -5.12. The molecule has 1 aliphatic carbocycles. The van der Waals surface area contributed by atoms with Crippen LogP contribution in [0.4, 0.5) is 0 Å². The lowest BCUT2D eigenvalue weighted by Crippen LogP contribution is -2.64. The van der Waals surface area contributed by atoms with E-state index in [1.54, 1.807) is 0 Å². The van der Waals surface area contributed by atoms with Gasteiger partial charge in [-0.25, -0.2) is 4.57 Å². The molecule has 1 fully saturated rings. The first kappa shape index (κ1) is 57.3. The van der Waals surface area contributed by atoms with Gasteiger partial charge < -0.3 is 39.9 Å². The smallest absolute Gasteiger partial charge is 0.462 e. The van der Waals surface area contributed by atoms with E-state index < -0.39 is 75.7 Å². The third-order valence-electron chi connectivity index (χ3n) is 11.3. The van der Waals surface area contributed by atoms with Crippen molar-refractivity contribution in [2.75, 3.05) is 13.2 Å². The zero-order chi connectivity index (χ0) is 45.0. The quantitative estimate of drug-likeness (QED) is 0.0147. The molecule has 1 saturated carbocycles. The Labute approximate surface area is 368 Å². The van der Waals surface area contributed by atoms with Gasteiger partial charge in [0.25, 0.3) is 0 Å². The Bertz CT molecular complexity index is 1170. The van der Waals surface area contributed by atoms with Crippen molar-refractivity contribution in [3.05, 3.63) is 24.3 Å². The number of phosphoric ester groups is 1. The fourth-order valence-electron chi connectivity index (χ4n) is 7.38. The first-order valence-electron chi connectivity index (χ1n) is 24.1. The van der Waals surface area contributed by atoms with E-state index in [1.807, 2.05) is 0 Å². The number of rotatable bonds is 40. The summed E-state index contributed by atoms with van der Waals surface area (Å²) in [4.78, 5) is 35.7. The maximum absolute atomic E-state index is 12.8. The van der Waals surface area contributed by atoms with Crippen molar-refractivity contribution in [3.63, 3.8) is 0 Å². The van der Waals surface area contributed by atoms with Gasteiger partial charge in [-0.2, -0.15) is 0 Å². The van der Waals surface area contributed by atoms with E-state index in [0.717, 1.165) is 64.2 Å². The monoisotopic (exact) mass is 891 g/mol. The Kier molecular flexibility index (Phi) is 35.4. The molecule has 61 heavy (non-hydrogen) atoms. The van der Waals surface area contributed by atoms with Crippen LogP contribution in [0.25, 0.3) is 0 Å². The Balaban J connectivity index is 2.43. The summed E-state index contributed by atoms with van der Waals surface area (Å²) in [5.41, 5.74) is 0. The minimum atomic E-state index is -5.12. The number of aliphatic hydroxyl groups excluding tert-OH is 5. The van der Waals surface area contributed by atoms with Gasteiger partial charge in [0.05, 0.1) is 6.61 Å². The largest absolute Gasteiger partial charge is 0.472 e. The predicted molar refractivity (Wildman–Crippen MR) is 240 cm³/mol. The molecule has 1 rings (SSSR count). The number of allylic oxidation sites excluding steroid dienone is 4. The summed E-state index contributed by atoms with van der Waals surface area (Å²) >= 11 is 0. The lowest BCUT2D eigenvalue weighted by Gasteiger charge is -2.41. The SMILES string of the molecule is CCCCC/C=C\C/C=C\CCCCCCCC(=O)OC(COC(=O)CCCCCCCCCCCCCCCCCCC)COP(=O)(O)OC1C(O)C(O)C(O)C(O)C1O. The van der Waals surface area contributed by atoms with Crippen molar-refractivity contribution in [1.29, 1.82) is 0 Å². The highest BCUT2D eigenvalue weighted by Gasteiger charge is 2.51. The van der Waals surface area contributed by atoms with Gasteiger partial charge in [0.15, 0.2) is 6.10 Å². The molecular weight excluding hydrogens is 803 g/mol. The maximum atomic E-state index is 12.8. The third-order valence-corrected chi connectivity index (χ3v) is 12.3. The van der Waals surface area contributed by atoms with Crippen molar-refractivity contribution in [2.24, 2.45) is 0 Å². The van der Waals surface area contributed by atoms with Crippen molar-refractivity contribution in [3.8, 4) is 0 Å². The highest BCUT2D eigenvalue weighted by atomic mass is 31.2. The first-order valence-corrected chi connectivity index (χ1v) is 25.6. The van der Waals surface area contributed by atoms with Crippen LogP contribution in [0.3, 0.4) is 0 Å². The summed E-state index contributed by atoms with van der Waals surface area (Å²) in [5.74, 6) is -1.11. The number of aliphatic hydroxyl groups is 5. The molecule has 6 atom stereocenters. The number of hydrogen-bond donors (Lipinski definition) is 6. The fourth-order valence-corrected chi connectivity index (χ4v) is 8.35. The first-order chi connectivity index (χ1) is 29.4. The van der Waals surface area contributed by atoms with E-state index in [-0.39, 0.29) is 12.8 Å². The topological polar surface area (TPSA) is 210 Å². The molecule has 0 aromatic carbocycles. The second-order valence-electron chi connectivity index (χ2n) is 17.0. The Hall–Kier alpha value is -1.67. The summed E-state index contributed by atoms with van der Waals surface area (Å²) < 4.78 is 33.6. The summed E-state index contributed by atoms with van der Waals surface area (Å²) in [6, 6.07) is 0. The van der Waals surface area contributed by atoms with Crippen molar-refractivity contribution in [1.82, 2.24) is 0 Å². The van der Waals surface area contributed by atoms with E-state index in [4.69, 9.17) is 18.5 Å². The van der Waals surface area contributed by atoms with Crippen LogP contribution < -0.4 is 0 Å². The zero-order valence-electron chi connectivity index (χ0n) is 38.0. The van der Waals surface area contributed by atoms with Gasteiger partial charge in [0, 0.05) is 12.8 Å². The van der Waals surface area contributed by atoms with Crippen LogP contribution in [0.5, 0.6) is 0 Å². The molecule has 14 heteroatoms. The number of hydrogen-bond acceptors (Lipinski definition) is 12. The number of carbonyl (C=O) groups is 2. The van der Waals surface area contributed by atoms with Gasteiger partial charge >= 0.3 is 19.8 Å². The van der Waals surface area contributed by atoms with Crippen LogP contribution >= 0.6 is 7.82 Å². The third kappa shape index (κ3) is 30.2. The molecule has 6 unspecified atom stereocenters. The molecule has 0 heterocycles. The highest BCUT2D eigenvalue weighted by molar-refractivity contribution is 7.47. The molecule has 0 spiro atoms. The number of ether oxygens (including phenoxy) is 2. The van der Waals surface area contributed by atoms with E-state index in [2.05, 4.69) is 38.2 Å². The molecule has 0 bridgehead atoms. The van der Waals surface area contributed by atoms with Gasteiger partial charge in [-0.05, 0) is 44.9 Å². The molecule has 0 saturated heterocycles. The molecule has 0 amide bonds. The minimum absolute atomic E-state index is 0.0834. The van der Waals surface area contributed by atoms with Crippen molar-refractivity contribution in [2.45, 2.75) is 249 Å². The minimum Gasteiger partial charge on any atom is -0.462 e.